The first-order valence-electron chi connectivity index (χ1n) is 7.52. The Hall–Kier alpha value is -2.13. The number of alkyl halides is 3. The molecule has 0 spiro atoms. The zero-order valence-corrected chi connectivity index (χ0v) is 13.6. The molecule has 2 aromatic heterocycles. The molecule has 1 fully saturated rings. The fourth-order valence-corrected chi connectivity index (χ4v) is 2.84. The molecule has 0 aliphatic carbocycles. The SMILES string of the molecule is O=c1c(Cl)c(N2CCC(O)CC2)cnn1-c1ccc(C(F)(F)F)cn1. The number of aliphatic hydroxyl groups is 1. The summed E-state index contributed by atoms with van der Waals surface area (Å²) in [6.07, 6.45) is -1.76. The summed E-state index contributed by atoms with van der Waals surface area (Å²) in [4.78, 5) is 17.9. The number of hydrogen-bond donors (Lipinski definition) is 1. The molecule has 6 nitrogen and oxygen atoms in total. The lowest BCUT2D eigenvalue weighted by Crippen LogP contribution is -2.37. The van der Waals surface area contributed by atoms with Crippen LogP contribution in [0.25, 0.3) is 5.82 Å². The molecule has 0 unspecified atom stereocenters. The van der Waals surface area contributed by atoms with Crippen LogP contribution in [0, 0.1) is 0 Å². The molecule has 2 aromatic rings. The maximum Gasteiger partial charge on any atom is 0.417 e. The summed E-state index contributed by atoms with van der Waals surface area (Å²) in [6, 6.07) is 1.88. The molecule has 1 aliphatic rings. The summed E-state index contributed by atoms with van der Waals surface area (Å²) < 4.78 is 38.6. The van der Waals surface area contributed by atoms with E-state index in [9.17, 15) is 23.1 Å². The highest BCUT2D eigenvalue weighted by Gasteiger charge is 2.31. The van der Waals surface area contributed by atoms with Gasteiger partial charge in [0.05, 0.1) is 23.6 Å². The number of rotatable bonds is 2. The van der Waals surface area contributed by atoms with E-state index < -0.39 is 17.3 Å². The van der Waals surface area contributed by atoms with Gasteiger partial charge in [0.15, 0.2) is 5.82 Å². The molecule has 1 saturated heterocycles. The van der Waals surface area contributed by atoms with Crippen molar-refractivity contribution in [3.05, 3.63) is 45.5 Å². The van der Waals surface area contributed by atoms with Crippen LogP contribution in [-0.2, 0) is 6.18 Å². The first-order valence-corrected chi connectivity index (χ1v) is 7.89. The maximum absolute atomic E-state index is 12.6. The van der Waals surface area contributed by atoms with Gasteiger partial charge in [-0.15, -0.1) is 0 Å². The number of aliphatic hydroxyl groups excluding tert-OH is 1. The zero-order chi connectivity index (χ0) is 18.2. The summed E-state index contributed by atoms with van der Waals surface area (Å²) in [6.45, 7) is 1.06. The molecule has 0 radical (unpaired) electrons. The topological polar surface area (TPSA) is 71.2 Å². The van der Waals surface area contributed by atoms with E-state index in [4.69, 9.17) is 11.6 Å². The summed E-state index contributed by atoms with van der Waals surface area (Å²) in [5.74, 6) is -0.0551. The second-order valence-corrected chi connectivity index (χ2v) is 6.06. The molecule has 0 aromatic carbocycles. The van der Waals surface area contributed by atoms with Crippen LogP contribution in [0.3, 0.4) is 0 Å². The minimum atomic E-state index is -4.51. The number of hydrogen-bond acceptors (Lipinski definition) is 5. The van der Waals surface area contributed by atoms with Gasteiger partial charge in [-0.1, -0.05) is 11.6 Å². The van der Waals surface area contributed by atoms with Crippen molar-refractivity contribution in [2.45, 2.75) is 25.1 Å². The van der Waals surface area contributed by atoms with E-state index in [1.54, 1.807) is 0 Å². The van der Waals surface area contributed by atoms with Gasteiger partial charge in [0, 0.05) is 19.3 Å². The van der Waals surface area contributed by atoms with Crippen molar-refractivity contribution in [1.82, 2.24) is 14.8 Å². The van der Waals surface area contributed by atoms with Gasteiger partial charge in [-0.25, -0.2) is 4.98 Å². The standard InChI is InChI=1S/C15H14ClF3N4O2/c16-13-11(22-5-3-10(24)4-6-22)8-21-23(14(13)25)12-2-1-9(7-20-12)15(17,18)19/h1-2,7-8,10,24H,3-6H2. The van der Waals surface area contributed by atoms with Crippen molar-refractivity contribution in [3.63, 3.8) is 0 Å². The Morgan fingerprint density at radius 3 is 2.44 bits per heavy atom. The number of anilines is 1. The van der Waals surface area contributed by atoms with Crippen molar-refractivity contribution in [2.24, 2.45) is 0 Å². The molecule has 0 saturated carbocycles. The smallest absolute Gasteiger partial charge is 0.393 e. The normalized spacial score (nSPS) is 16.3. The Kier molecular flexibility index (Phi) is 4.70. The quantitative estimate of drug-likeness (QED) is 0.873. The van der Waals surface area contributed by atoms with Crippen molar-refractivity contribution in [3.8, 4) is 5.82 Å². The predicted octanol–water partition coefficient (Wildman–Crippen LogP) is 2.26. The van der Waals surface area contributed by atoms with Crippen LogP contribution < -0.4 is 10.5 Å². The molecule has 1 N–H and O–H groups in total. The van der Waals surface area contributed by atoms with E-state index in [0.29, 0.717) is 37.8 Å². The van der Waals surface area contributed by atoms with Crippen LogP contribution in [-0.4, -0.2) is 39.1 Å². The van der Waals surface area contributed by atoms with Crippen LogP contribution in [0.4, 0.5) is 18.9 Å². The summed E-state index contributed by atoms with van der Waals surface area (Å²) in [5, 5.41) is 13.4. The van der Waals surface area contributed by atoms with Crippen LogP contribution in [0.1, 0.15) is 18.4 Å². The minimum Gasteiger partial charge on any atom is -0.393 e. The third kappa shape index (κ3) is 3.62. The molecular formula is C15H14ClF3N4O2. The van der Waals surface area contributed by atoms with Crippen LogP contribution in [0.2, 0.25) is 5.02 Å². The van der Waals surface area contributed by atoms with E-state index in [2.05, 4.69) is 10.1 Å². The summed E-state index contributed by atoms with van der Waals surface area (Å²) in [7, 11) is 0. The highest BCUT2D eigenvalue weighted by molar-refractivity contribution is 6.33. The lowest BCUT2D eigenvalue weighted by Gasteiger charge is -2.31. The highest BCUT2D eigenvalue weighted by Crippen LogP contribution is 2.29. The van der Waals surface area contributed by atoms with Crippen LogP contribution in [0.5, 0.6) is 0 Å². The Labute approximate surface area is 145 Å². The first kappa shape index (κ1) is 17.7. The lowest BCUT2D eigenvalue weighted by atomic mass is 10.1. The number of aromatic nitrogens is 3. The predicted molar refractivity (Wildman–Crippen MR) is 85.1 cm³/mol. The highest BCUT2D eigenvalue weighted by atomic mass is 35.5. The van der Waals surface area contributed by atoms with Crippen LogP contribution in [0.15, 0.2) is 29.3 Å². The van der Waals surface area contributed by atoms with Gasteiger partial charge in [0.25, 0.3) is 5.56 Å². The zero-order valence-electron chi connectivity index (χ0n) is 12.9. The van der Waals surface area contributed by atoms with Crippen molar-refractivity contribution in [1.29, 1.82) is 0 Å². The third-order valence-electron chi connectivity index (χ3n) is 4.00. The Morgan fingerprint density at radius 1 is 1.20 bits per heavy atom. The summed E-state index contributed by atoms with van der Waals surface area (Å²) >= 11 is 6.14. The van der Waals surface area contributed by atoms with E-state index in [-0.39, 0.29) is 16.9 Å². The fraction of sp³-hybridized carbons (Fsp3) is 0.400. The van der Waals surface area contributed by atoms with Crippen LogP contribution >= 0.6 is 11.6 Å². The third-order valence-corrected chi connectivity index (χ3v) is 4.35. The van der Waals surface area contributed by atoms with E-state index in [0.717, 1.165) is 16.8 Å². The van der Waals surface area contributed by atoms with Crippen molar-refractivity contribution in [2.75, 3.05) is 18.0 Å². The van der Waals surface area contributed by atoms with Gasteiger partial charge in [0.2, 0.25) is 0 Å². The number of nitrogens with zero attached hydrogens (tertiary/aromatic N) is 4. The van der Waals surface area contributed by atoms with E-state index >= 15 is 0 Å². The maximum atomic E-state index is 12.6. The second kappa shape index (κ2) is 6.64. The van der Waals surface area contributed by atoms with Gasteiger partial charge < -0.3 is 10.0 Å². The van der Waals surface area contributed by atoms with Gasteiger partial charge in [-0.2, -0.15) is 23.0 Å². The molecule has 0 amide bonds. The lowest BCUT2D eigenvalue weighted by molar-refractivity contribution is -0.137. The molecule has 0 bridgehead atoms. The first-order chi connectivity index (χ1) is 11.8. The Balaban J connectivity index is 1.91. The number of piperidine rings is 1. The van der Waals surface area contributed by atoms with Gasteiger partial charge in [0.1, 0.15) is 5.02 Å². The number of halogens is 4. The van der Waals surface area contributed by atoms with Gasteiger partial charge >= 0.3 is 6.18 Å². The molecule has 10 heteroatoms. The van der Waals surface area contributed by atoms with E-state index in [1.807, 2.05) is 4.90 Å². The molecule has 0 atom stereocenters. The largest absolute Gasteiger partial charge is 0.417 e. The molecule has 1 aliphatic heterocycles. The Morgan fingerprint density at radius 2 is 1.88 bits per heavy atom. The molecule has 3 heterocycles. The molecule has 134 valence electrons. The van der Waals surface area contributed by atoms with Crippen molar-refractivity contribution < 1.29 is 18.3 Å². The minimum absolute atomic E-state index is 0.0551. The van der Waals surface area contributed by atoms with Crippen molar-refractivity contribution >= 4 is 17.3 Å². The molecule has 3 rings (SSSR count). The van der Waals surface area contributed by atoms with E-state index in [1.165, 1.54) is 6.20 Å². The average Bonchev–Trinajstić information content (AvgIpc) is 2.58. The van der Waals surface area contributed by atoms with Gasteiger partial charge in [-0.05, 0) is 25.0 Å². The molecule has 25 heavy (non-hydrogen) atoms. The molecular weight excluding hydrogens is 361 g/mol. The summed E-state index contributed by atoms with van der Waals surface area (Å²) in [5.41, 5.74) is -1.15. The second-order valence-electron chi connectivity index (χ2n) is 5.68. The average molecular weight is 375 g/mol. The Bertz CT molecular complexity index is 815. The monoisotopic (exact) mass is 374 g/mol. The fourth-order valence-electron chi connectivity index (χ4n) is 2.59. The number of pyridine rings is 1. The van der Waals surface area contributed by atoms with Gasteiger partial charge in [-0.3, -0.25) is 4.79 Å².